The van der Waals surface area contributed by atoms with Gasteiger partial charge in [-0.25, -0.2) is 0 Å². The average Bonchev–Trinajstić information content (AvgIpc) is 3.47. The van der Waals surface area contributed by atoms with Gasteiger partial charge < -0.3 is 59.1 Å². The number of phenols is 2. The fraction of sp³-hybridized carbons (Fsp3) is 0.543. The number of esters is 2. The summed E-state index contributed by atoms with van der Waals surface area (Å²) in [6, 6.07) is 1.19. The molecule has 3 aliphatic heterocycles. The molecule has 0 aromatic heterocycles. The van der Waals surface area contributed by atoms with E-state index in [4.69, 9.17) is 28.4 Å². The van der Waals surface area contributed by atoms with Crippen molar-refractivity contribution >= 4 is 46.0 Å². The molecule has 3 aliphatic rings. The molecular formula is C46H62N2O15. The van der Waals surface area contributed by atoms with E-state index in [0.29, 0.717) is 0 Å². The first-order valence-corrected chi connectivity index (χ1v) is 20.7. The lowest BCUT2D eigenvalue weighted by atomic mass is 9.78. The summed E-state index contributed by atoms with van der Waals surface area (Å²) in [5.41, 5.74) is -1.06. The van der Waals surface area contributed by atoms with Gasteiger partial charge in [0.25, 0.3) is 17.6 Å². The number of aliphatic hydroxyl groups excluding tert-OH is 2. The molecule has 0 aliphatic carbocycles. The maximum absolute atomic E-state index is 14.5. The van der Waals surface area contributed by atoms with Crippen LogP contribution in [0.3, 0.4) is 0 Å². The van der Waals surface area contributed by atoms with Crippen LogP contribution in [0, 0.1) is 30.6 Å². The first-order chi connectivity index (χ1) is 29.2. The average molecular weight is 883 g/mol. The number of carbonyl (C=O) groups is 5. The van der Waals surface area contributed by atoms with E-state index in [1.807, 2.05) is 0 Å². The number of anilines is 1. The van der Waals surface area contributed by atoms with Gasteiger partial charge in [-0.1, -0.05) is 45.9 Å². The van der Waals surface area contributed by atoms with Gasteiger partial charge in [-0.2, -0.15) is 0 Å². The van der Waals surface area contributed by atoms with Gasteiger partial charge >= 0.3 is 17.7 Å². The Bertz CT molecular complexity index is 2190. The van der Waals surface area contributed by atoms with E-state index in [1.54, 1.807) is 60.6 Å². The summed E-state index contributed by atoms with van der Waals surface area (Å²) in [5, 5.41) is 48.3. The van der Waals surface area contributed by atoms with Crippen molar-refractivity contribution in [1.29, 1.82) is 0 Å². The second kappa shape index (κ2) is 19.8. The largest absolute Gasteiger partial charge is 0.507 e. The Kier molecular flexibility index (Phi) is 15.7. The molecular weight excluding hydrogens is 821 g/mol. The van der Waals surface area contributed by atoms with Crippen LogP contribution in [0.4, 0.5) is 5.69 Å². The summed E-state index contributed by atoms with van der Waals surface area (Å²) in [7, 11) is 2.78. The maximum Gasteiger partial charge on any atom is 0.326 e. The number of hydrogen-bond acceptors (Lipinski definition) is 15. The van der Waals surface area contributed by atoms with Gasteiger partial charge in [0.2, 0.25) is 0 Å². The number of fused-ring (bicyclic) bond motifs is 14. The minimum atomic E-state index is -2.08. The number of ketones is 1. The van der Waals surface area contributed by atoms with Crippen molar-refractivity contribution in [3.63, 3.8) is 0 Å². The van der Waals surface area contributed by atoms with Crippen LogP contribution in [0.2, 0.25) is 0 Å². The number of carbonyl (C=O) groups excluding carboxylic acids is 5. The molecule has 17 heteroatoms. The highest BCUT2D eigenvalue weighted by Crippen LogP contribution is 2.54. The number of ether oxygens (including phenoxy) is 6. The Hall–Kier alpha value is -5.65. The zero-order valence-corrected chi connectivity index (χ0v) is 38.2. The van der Waals surface area contributed by atoms with E-state index in [2.05, 4.69) is 5.32 Å². The van der Waals surface area contributed by atoms with Gasteiger partial charge in [0.15, 0.2) is 12.4 Å². The number of rotatable bonds is 7. The third-order valence-corrected chi connectivity index (χ3v) is 11.4. The molecule has 9 atom stereocenters. The molecule has 0 radical (unpaired) electrons. The summed E-state index contributed by atoms with van der Waals surface area (Å²) in [5.74, 6) is -9.60. The Morgan fingerprint density at radius 3 is 2.21 bits per heavy atom. The van der Waals surface area contributed by atoms with Gasteiger partial charge in [-0.05, 0) is 40.7 Å². The number of aliphatic hydroxyl groups is 2. The van der Waals surface area contributed by atoms with E-state index in [0.717, 1.165) is 4.90 Å². The number of Topliss-reactive ketones (excluding diaryl/α,β-unsaturated/α-hetero) is 1. The third kappa shape index (κ3) is 11.1. The summed E-state index contributed by atoms with van der Waals surface area (Å²) < 4.78 is 35.0. The number of methoxy groups -OCH3 is 1. The van der Waals surface area contributed by atoms with Gasteiger partial charge in [0, 0.05) is 74.3 Å². The normalized spacial score (nSPS) is 28.0. The fourth-order valence-electron chi connectivity index (χ4n) is 7.65. The van der Waals surface area contributed by atoms with Crippen molar-refractivity contribution in [3.05, 3.63) is 53.3 Å². The zero-order chi connectivity index (χ0) is 47.5. The molecule has 2 aromatic rings. The number of nitrogens with zero attached hydrogens (tertiary/aromatic N) is 1. The van der Waals surface area contributed by atoms with Crippen molar-refractivity contribution in [2.24, 2.45) is 23.7 Å². The minimum absolute atomic E-state index is 0.0254. The van der Waals surface area contributed by atoms with Gasteiger partial charge in [-0.3, -0.25) is 24.0 Å². The highest BCUT2D eigenvalue weighted by Gasteiger charge is 2.50. The van der Waals surface area contributed by atoms with Crippen LogP contribution < -0.4 is 14.8 Å². The van der Waals surface area contributed by atoms with Crippen molar-refractivity contribution in [2.45, 2.75) is 112 Å². The number of amides is 2. The molecule has 0 spiro atoms. The molecule has 9 unspecified atom stereocenters. The first kappa shape index (κ1) is 50.0. The topological polar surface area (TPSA) is 237 Å². The first-order valence-electron chi connectivity index (χ1n) is 20.7. The van der Waals surface area contributed by atoms with Crippen molar-refractivity contribution in [3.8, 4) is 23.0 Å². The van der Waals surface area contributed by atoms with E-state index in [-0.39, 0.29) is 44.7 Å². The van der Waals surface area contributed by atoms with Crippen LogP contribution in [-0.4, -0.2) is 118 Å². The van der Waals surface area contributed by atoms with Crippen molar-refractivity contribution in [2.75, 3.05) is 32.6 Å². The number of allylic oxidation sites excluding steroid dienone is 2. The molecule has 0 saturated carbocycles. The second-order valence-corrected chi connectivity index (χ2v) is 17.5. The van der Waals surface area contributed by atoms with Crippen LogP contribution in [-0.2, 0) is 38.1 Å². The standard InChI is InChI=1S/C46H62N2O15/c1-22-15-14-16-23(2)44(57)47-29-19-31(59-21-32(50)48(12)20-33(51)62-45(8,9)10)34-35(40(29)55)39(54)27(6)42-36(34)43(56)46(11,63-42)60-18-17-30(58-13)24(3)41(61-28(7)49)26(5)38(53)25(4)37(22)52/h14-19,22,24-26,30,37-38,41,52-55H,20-21H2,1-13H3,(H,47,57)/b15-14+,18-17+,23-16?. The van der Waals surface area contributed by atoms with Crippen LogP contribution in [0.25, 0.3) is 10.8 Å². The van der Waals surface area contributed by atoms with E-state index in [1.165, 1.54) is 66.3 Å². The SMILES string of the molecule is COC1/C=C/OC2(C)Oc3c(C)c(O)c4c(O)c(cc(OCC(=O)N(C)CC(=O)OC(C)(C)C)c4c3C2=O)NC(=O)C(C)=C/C=C/C(C)C(O)C(C)C(O)C(C)C(OC(C)=O)C1C. The molecule has 5 N–H and O–H groups in total. The highest BCUT2D eigenvalue weighted by atomic mass is 16.7. The quantitative estimate of drug-likeness (QED) is 0.177. The van der Waals surface area contributed by atoms with Crippen molar-refractivity contribution < 1.29 is 72.8 Å². The van der Waals surface area contributed by atoms with E-state index in [9.17, 15) is 44.4 Å². The summed E-state index contributed by atoms with van der Waals surface area (Å²) in [4.78, 5) is 67.4. The molecule has 346 valence electrons. The molecule has 0 fully saturated rings. The highest BCUT2D eigenvalue weighted by molar-refractivity contribution is 6.21. The molecule has 0 saturated heterocycles. The number of likely N-dealkylation sites (N-methyl/N-ethyl adjacent to an activating group) is 1. The predicted octanol–water partition coefficient (Wildman–Crippen LogP) is 5.23. The third-order valence-electron chi connectivity index (χ3n) is 11.4. The monoisotopic (exact) mass is 882 g/mol. The number of nitrogens with one attached hydrogen (secondary N) is 1. The van der Waals surface area contributed by atoms with E-state index >= 15 is 0 Å². The summed E-state index contributed by atoms with van der Waals surface area (Å²) in [6.07, 6.45) is 3.34. The maximum atomic E-state index is 14.5. The van der Waals surface area contributed by atoms with Gasteiger partial charge in [0.1, 0.15) is 35.5 Å². The van der Waals surface area contributed by atoms with Crippen molar-refractivity contribution in [1.82, 2.24) is 4.90 Å². The van der Waals surface area contributed by atoms with E-state index < -0.39 is 114 Å². The Morgan fingerprint density at radius 2 is 1.60 bits per heavy atom. The smallest absolute Gasteiger partial charge is 0.326 e. The Morgan fingerprint density at radius 1 is 0.952 bits per heavy atom. The van der Waals surface area contributed by atoms with Crippen LogP contribution >= 0.6 is 0 Å². The molecule has 3 heterocycles. The number of phenolic OH excluding ortho intramolecular Hbond substituents is 2. The number of aromatic hydroxyl groups is 2. The zero-order valence-electron chi connectivity index (χ0n) is 38.2. The van der Waals surface area contributed by atoms with Gasteiger partial charge in [-0.15, -0.1) is 0 Å². The van der Waals surface area contributed by atoms with Crippen LogP contribution in [0.15, 0.2) is 42.2 Å². The molecule has 2 aromatic carbocycles. The molecule has 17 nitrogen and oxygen atoms in total. The minimum Gasteiger partial charge on any atom is -0.507 e. The van der Waals surface area contributed by atoms with Gasteiger partial charge in [0.05, 0.1) is 41.2 Å². The lowest BCUT2D eigenvalue weighted by Crippen LogP contribution is -2.46. The molecule has 63 heavy (non-hydrogen) atoms. The molecule has 5 bridgehead atoms. The molecule has 5 rings (SSSR count). The van der Waals surface area contributed by atoms with Crippen LogP contribution in [0.5, 0.6) is 23.0 Å². The number of benzene rings is 2. The molecule has 2 amide bonds. The summed E-state index contributed by atoms with van der Waals surface area (Å²) in [6.45, 7) is 16.3. The predicted molar refractivity (Wildman–Crippen MR) is 231 cm³/mol. The Balaban J connectivity index is 1.90. The lowest BCUT2D eigenvalue weighted by Gasteiger charge is -2.38. The summed E-state index contributed by atoms with van der Waals surface area (Å²) >= 11 is 0. The van der Waals surface area contributed by atoms with Crippen LogP contribution in [0.1, 0.15) is 85.2 Å². The fourth-order valence-corrected chi connectivity index (χ4v) is 7.65. The Labute approximate surface area is 367 Å². The second-order valence-electron chi connectivity index (χ2n) is 17.5. The number of hydrogen-bond donors (Lipinski definition) is 5. The lowest BCUT2D eigenvalue weighted by molar-refractivity contribution is -0.161.